The first kappa shape index (κ1) is 28.4. The zero-order chi connectivity index (χ0) is 20.2. The van der Waals surface area contributed by atoms with Crippen LogP contribution in [0.3, 0.4) is 0 Å². The largest absolute Gasteiger partial charge is 0.191 e. The Hall–Kier alpha value is 1.35. The highest BCUT2D eigenvalue weighted by atomic mass is 79.9. The summed E-state index contributed by atoms with van der Waals surface area (Å²) < 4.78 is -1.12. The van der Waals surface area contributed by atoms with Crippen LogP contribution >= 0.6 is 50.7 Å². The number of halogens is 4. The van der Waals surface area contributed by atoms with Gasteiger partial charge in [-0.3, -0.25) is 0 Å². The van der Waals surface area contributed by atoms with E-state index < -0.39 is 3.79 Å². The fourth-order valence-corrected chi connectivity index (χ4v) is 5.55. The molecule has 0 aliphatic carbocycles. The molecule has 0 spiro atoms. The monoisotopic (exact) mass is 504 g/mol. The molecule has 0 N–H and O–H groups in total. The second kappa shape index (κ2) is 20.6. The first-order valence-corrected chi connectivity index (χ1v) is 13.7. The molecule has 0 fully saturated rings. The number of hydrogen-bond donors (Lipinski definition) is 0. The predicted molar refractivity (Wildman–Crippen MR) is 131 cm³/mol. The van der Waals surface area contributed by atoms with Crippen molar-refractivity contribution in [3.8, 4) is 0 Å². The third-order valence-electron chi connectivity index (χ3n) is 5.32. The summed E-state index contributed by atoms with van der Waals surface area (Å²) in [6.07, 6.45) is 27.1. The molecule has 0 bridgehead atoms. The molecule has 0 saturated carbocycles. The molecule has 0 saturated heterocycles. The van der Waals surface area contributed by atoms with Crippen molar-refractivity contribution < 1.29 is 0 Å². The predicted octanol–water partition coefficient (Wildman–Crippen LogP) is 10.9. The molecule has 0 aromatic carbocycles. The molecule has 0 aliphatic heterocycles. The van der Waals surface area contributed by atoms with Crippen molar-refractivity contribution in [2.24, 2.45) is 0 Å². The molecule has 27 heavy (non-hydrogen) atoms. The quantitative estimate of drug-likeness (QED) is 0.114. The summed E-state index contributed by atoms with van der Waals surface area (Å²) in [5, 5.41) is 0. The van der Waals surface area contributed by atoms with Gasteiger partial charge in [-0.1, -0.05) is 173 Å². The minimum atomic E-state index is -1.12. The van der Waals surface area contributed by atoms with Gasteiger partial charge in [0.25, 0.3) is 0 Å². The van der Waals surface area contributed by atoms with Gasteiger partial charge in [-0.2, -0.15) is 0 Å². The fourth-order valence-electron chi connectivity index (χ4n) is 3.62. The van der Waals surface area contributed by atoms with Gasteiger partial charge in [0.05, 0.1) is 0 Å². The Balaban J connectivity index is 3.11. The van der Waals surface area contributed by atoms with Crippen molar-refractivity contribution in [2.45, 2.75) is 144 Å². The van der Waals surface area contributed by atoms with Crippen molar-refractivity contribution in [1.82, 2.24) is 0 Å². The Kier molecular flexibility index (Phi) is 21.6. The van der Waals surface area contributed by atoms with E-state index in [1.807, 2.05) is 0 Å². The molecule has 0 heterocycles. The Morgan fingerprint density at radius 1 is 0.556 bits per heavy atom. The molecule has 1 unspecified atom stereocenters. The highest BCUT2D eigenvalue weighted by Crippen LogP contribution is 2.35. The minimum absolute atomic E-state index is 0.325. The van der Waals surface area contributed by atoms with Gasteiger partial charge >= 0.3 is 0 Å². The van der Waals surface area contributed by atoms with Crippen LogP contribution in [-0.4, -0.2) is 8.62 Å². The van der Waals surface area contributed by atoms with Crippen LogP contribution < -0.4 is 0 Å². The third-order valence-corrected chi connectivity index (χ3v) is 6.57. The normalized spacial score (nSPS) is 13.2. The Bertz CT molecular complexity index is 292. The van der Waals surface area contributed by atoms with E-state index in [4.69, 9.17) is 34.8 Å². The summed E-state index contributed by atoms with van der Waals surface area (Å²) >= 11 is 21.1. The molecule has 0 rings (SSSR count). The van der Waals surface area contributed by atoms with Gasteiger partial charge in [-0.25, -0.2) is 0 Å². The summed E-state index contributed by atoms with van der Waals surface area (Å²) in [6.45, 7) is 2.29. The van der Waals surface area contributed by atoms with Crippen LogP contribution in [0.2, 0.25) is 0 Å². The van der Waals surface area contributed by atoms with Crippen LogP contribution in [-0.2, 0) is 0 Å². The average Bonchev–Trinajstić information content (AvgIpc) is 2.59. The average molecular weight is 507 g/mol. The van der Waals surface area contributed by atoms with Gasteiger partial charge in [0.2, 0.25) is 0 Å². The summed E-state index contributed by atoms with van der Waals surface area (Å²) in [7, 11) is 0. The smallest absolute Gasteiger partial charge is 0.0889 e. The topological polar surface area (TPSA) is 0 Å². The molecular weight excluding hydrogens is 463 g/mol. The number of hydrogen-bond acceptors (Lipinski definition) is 0. The van der Waals surface area contributed by atoms with E-state index in [1.54, 1.807) is 0 Å². The van der Waals surface area contributed by atoms with E-state index in [0.29, 0.717) is 11.2 Å². The molecule has 0 aromatic heterocycles. The van der Waals surface area contributed by atoms with Crippen LogP contribution in [0.15, 0.2) is 0 Å². The van der Waals surface area contributed by atoms with Crippen molar-refractivity contribution in [3.63, 3.8) is 0 Å². The number of rotatable bonds is 20. The number of alkyl halides is 4. The molecule has 0 amide bonds. The van der Waals surface area contributed by atoms with E-state index in [1.165, 1.54) is 116 Å². The second-order valence-corrected chi connectivity index (χ2v) is 12.0. The molecule has 4 heteroatoms. The van der Waals surface area contributed by atoms with Crippen molar-refractivity contribution in [3.05, 3.63) is 0 Å². The van der Waals surface area contributed by atoms with Crippen LogP contribution in [0.1, 0.15) is 135 Å². The standard InChI is InChI=1S/C23H44BrCl3/c1-2-3-4-5-6-7-8-9-10-11-12-13-14-15-16-17-18-19-20-22(24)21-23(25,26)27/h22H,2-21H2,1H3. The number of unbranched alkanes of at least 4 members (excludes halogenated alkanes) is 17. The lowest BCUT2D eigenvalue weighted by Gasteiger charge is -2.15. The van der Waals surface area contributed by atoms with Gasteiger partial charge in [0.1, 0.15) is 0 Å². The maximum atomic E-state index is 5.82. The van der Waals surface area contributed by atoms with E-state index in [9.17, 15) is 0 Å². The molecule has 164 valence electrons. The Labute approximate surface area is 194 Å². The maximum Gasteiger partial charge on any atom is 0.191 e. The highest BCUT2D eigenvalue weighted by molar-refractivity contribution is 9.09. The van der Waals surface area contributed by atoms with E-state index >= 15 is 0 Å². The second-order valence-electron chi connectivity index (χ2n) is 8.22. The van der Waals surface area contributed by atoms with Gasteiger partial charge in [-0.05, 0) is 6.42 Å². The fraction of sp³-hybridized carbons (Fsp3) is 1.00. The summed E-state index contributed by atoms with van der Waals surface area (Å²) in [6, 6.07) is 0. The van der Waals surface area contributed by atoms with Crippen LogP contribution in [0.25, 0.3) is 0 Å². The van der Waals surface area contributed by atoms with E-state index in [0.717, 1.165) is 6.42 Å². The minimum Gasteiger partial charge on any atom is -0.0889 e. The van der Waals surface area contributed by atoms with Gasteiger partial charge < -0.3 is 0 Å². The molecular formula is C23H44BrCl3. The molecule has 0 radical (unpaired) electrons. The van der Waals surface area contributed by atoms with Gasteiger partial charge in [0, 0.05) is 11.2 Å². The zero-order valence-electron chi connectivity index (χ0n) is 17.7. The highest BCUT2D eigenvalue weighted by Gasteiger charge is 2.23. The van der Waals surface area contributed by atoms with Gasteiger partial charge in [-0.15, -0.1) is 0 Å². The molecule has 0 nitrogen and oxygen atoms in total. The SMILES string of the molecule is CCCCCCCCCCCCCCCCCCCCC(Br)CC(Cl)(Cl)Cl. The Morgan fingerprint density at radius 3 is 1.15 bits per heavy atom. The van der Waals surface area contributed by atoms with E-state index in [2.05, 4.69) is 22.9 Å². The molecule has 0 aliphatic rings. The lowest BCUT2D eigenvalue weighted by molar-refractivity contribution is 0.522. The third kappa shape index (κ3) is 25.3. The Morgan fingerprint density at radius 2 is 0.852 bits per heavy atom. The first-order chi connectivity index (χ1) is 13.0. The summed E-state index contributed by atoms with van der Waals surface area (Å²) in [5.41, 5.74) is 0. The molecule has 1 atom stereocenters. The maximum absolute atomic E-state index is 5.82. The lowest BCUT2D eigenvalue weighted by Crippen LogP contribution is -2.11. The van der Waals surface area contributed by atoms with Crippen molar-refractivity contribution in [1.29, 1.82) is 0 Å². The summed E-state index contributed by atoms with van der Waals surface area (Å²) in [5.74, 6) is 0. The van der Waals surface area contributed by atoms with Crippen molar-refractivity contribution in [2.75, 3.05) is 0 Å². The van der Waals surface area contributed by atoms with Crippen LogP contribution in [0, 0.1) is 0 Å². The first-order valence-electron chi connectivity index (χ1n) is 11.7. The molecule has 0 aromatic rings. The van der Waals surface area contributed by atoms with Gasteiger partial charge in [0.15, 0.2) is 3.79 Å². The lowest BCUT2D eigenvalue weighted by atomic mass is 10.0. The zero-order valence-corrected chi connectivity index (χ0v) is 21.6. The van der Waals surface area contributed by atoms with Crippen molar-refractivity contribution >= 4 is 50.7 Å². The van der Waals surface area contributed by atoms with Crippen LogP contribution in [0.4, 0.5) is 0 Å². The van der Waals surface area contributed by atoms with Crippen LogP contribution in [0.5, 0.6) is 0 Å². The van der Waals surface area contributed by atoms with E-state index in [-0.39, 0.29) is 0 Å². The summed E-state index contributed by atoms with van der Waals surface area (Å²) in [4.78, 5) is 0.325.